The number of hydrogen-bond donors (Lipinski definition) is 0. The van der Waals surface area contributed by atoms with Crippen molar-refractivity contribution in [3.05, 3.63) is 11.8 Å². The molecule has 1 heterocycles. The van der Waals surface area contributed by atoms with Crippen molar-refractivity contribution in [2.75, 3.05) is 0 Å². The van der Waals surface area contributed by atoms with E-state index >= 15 is 0 Å². The summed E-state index contributed by atoms with van der Waals surface area (Å²) in [6.45, 7) is 4.31. The molecule has 80 valence electrons. The normalized spacial score (nSPS) is 23.4. The van der Waals surface area contributed by atoms with Crippen LogP contribution in [-0.2, 0) is 9.53 Å². The molecule has 1 atom stereocenters. The summed E-state index contributed by atoms with van der Waals surface area (Å²) in [5.41, 5.74) is 0. The Hall–Kier alpha value is -0.790. The summed E-state index contributed by atoms with van der Waals surface area (Å²) in [7, 11) is 0. The number of ether oxygens (including phenoxy) is 1. The molecule has 1 aliphatic rings. The number of rotatable bonds is 6. The van der Waals surface area contributed by atoms with Gasteiger partial charge in [0.2, 0.25) is 0 Å². The van der Waals surface area contributed by atoms with Crippen molar-refractivity contribution in [2.45, 2.75) is 52.4 Å². The average Bonchev–Trinajstić information content (AvgIpc) is 2.17. The molecule has 1 unspecified atom stereocenters. The second-order valence-corrected chi connectivity index (χ2v) is 3.86. The van der Waals surface area contributed by atoms with Gasteiger partial charge in [0.05, 0.1) is 0 Å². The van der Waals surface area contributed by atoms with Crippen LogP contribution in [0, 0.1) is 5.92 Å². The zero-order valence-corrected chi connectivity index (χ0v) is 9.21. The molecule has 0 aromatic carbocycles. The summed E-state index contributed by atoms with van der Waals surface area (Å²) in [5, 5.41) is 0. The zero-order valence-electron chi connectivity index (χ0n) is 9.21. The first kappa shape index (κ1) is 11.3. The van der Waals surface area contributed by atoms with Crippen molar-refractivity contribution in [3.63, 3.8) is 0 Å². The number of allylic oxidation sites excluding steroid dienone is 1. The van der Waals surface area contributed by atoms with Crippen molar-refractivity contribution >= 4 is 5.97 Å². The number of carbonyl (C=O) groups is 1. The van der Waals surface area contributed by atoms with E-state index in [1.54, 1.807) is 0 Å². The van der Waals surface area contributed by atoms with Crippen LogP contribution < -0.4 is 0 Å². The van der Waals surface area contributed by atoms with Crippen LogP contribution in [0.25, 0.3) is 0 Å². The molecule has 0 N–H and O–H groups in total. The summed E-state index contributed by atoms with van der Waals surface area (Å²) < 4.78 is 5.02. The van der Waals surface area contributed by atoms with E-state index in [-0.39, 0.29) is 11.9 Å². The minimum atomic E-state index is -0.0267. The Balaban J connectivity index is 2.31. The largest absolute Gasteiger partial charge is 0.430 e. The predicted octanol–water partition coefficient (Wildman–Crippen LogP) is 3.42. The number of cyclic esters (lactones) is 1. The highest BCUT2D eigenvalue weighted by Crippen LogP contribution is 2.31. The van der Waals surface area contributed by atoms with E-state index in [1.165, 1.54) is 12.8 Å². The van der Waals surface area contributed by atoms with E-state index in [2.05, 4.69) is 19.9 Å². The lowest BCUT2D eigenvalue weighted by atomic mass is 9.95. The van der Waals surface area contributed by atoms with Gasteiger partial charge in [-0.15, -0.1) is 0 Å². The van der Waals surface area contributed by atoms with E-state index in [1.807, 2.05) is 0 Å². The minimum Gasteiger partial charge on any atom is -0.430 e. The number of carbonyl (C=O) groups excluding carboxylic acids is 1. The summed E-state index contributed by atoms with van der Waals surface area (Å²) in [6.07, 6.45) is 8.73. The van der Waals surface area contributed by atoms with Crippen molar-refractivity contribution in [2.24, 2.45) is 5.92 Å². The Morgan fingerprint density at radius 2 is 2.00 bits per heavy atom. The van der Waals surface area contributed by atoms with Crippen LogP contribution in [0.2, 0.25) is 0 Å². The molecule has 0 radical (unpaired) electrons. The van der Waals surface area contributed by atoms with Crippen molar-refractivity contribution < 1.29 is 9.53 Å². The average molecular weight is 196 g/mol. The molecule has 0 aromatic rings. The molecule has 0 bridgehead atoms. The quantitative estimate of drug-likeness (QED) is 0.480. The lowest BCUT2D eigenvalue weighted by Gasteiger charge is -2.27. The Labute approximate surface area is 86.3 Å². The van der Waals surface area contributed by atoms with Gasteiger partial charge in [-0.2, -0.15) is 0 Å². The minimum absolute atomic E-state index is 0.0267. The molecule has 1 aliphatic heterocycles. The Morgan fingerprint density at radius 1 is 1.29 bits per heavy atom. The van der Waals surface area contributed by atoms with Crippen LogP contribution in [0.4, 0.5) is 0 Å². The maximum absolute atomic E-state index is 11.1. The second kappa shape index (κ2) is 5.84. The van der Waals surface area contributed by atoms with Crippen molar-refractivity contribution in [1.82, 2.24) is 0 Å². The van der Waals surface area contributed by atoms with E-state index in [9.17, 15) is 4.79 Å². The van der Waals surface area contributed by atoms with Crippen LogP contribution in [0.5, 0.6) is 0 Å². The highest BCUT2D eigenvalue weighted by atomic mass is 16.6. The maximum Gasteiger partial charge on any atom is 0.321 e. The summed E-state index contributed by atoms with van der Waals surface area (Å²) in [4.78, 5) is 11.1. The molecule has 0 aromatic heterocycles. The van der Waals surface area contributed by atoms with E-state index in [0.29, 0.717) is 0 Å². The maximum atomic E-state index is 11.1. The van der Waals surface area contributed by atoms with Gasteiger partial charge in [-0.3, -0.25) is 4.79 Å². The number of esters is 1. The molecular weight excluding hydrogens is 176 g/mol. The lowest BCUT2D eigenvalue weighted by molar-refractivity contribution is -0.157. The third kappa shape index (κ3) is 2.86. The summed E-state index contributed by atoms with van der Waals surface area (Å²) in [6, 6.07) is 0. The fourth-order valence-electron chi connectivity index (χ4n) is 1.62. The monoisotopic (exact) mass is 196 g/mol. The lowest BCUT2D eigenvalue weighted by Crippen LogP contribution is -2.32. The van der Waals surface area contributed by atoms with Gasteiger partial charge in [-0.25, -0.2) is 0 Å². The Kier molecular flexibility index (Phi) is 4.71. The predicted molar refractivity (Wildman–Crippen MR) is 56.7 cm³/mol. The van der Waals surface area contributed by atoms with E-state index < -0.39 is 0 Å². The molecule has 0 amide bonds. The molecular formula is C12H20O2. The van der Waals surface area contributed by atoms with Gasteiger partial charge in [0.1, 0.15) is 11.7 Å². The fraction of sp³-hybridized carbons (Fsp3) is 0.750. The van der Waals surface area contributed by atoms with E-state index in [4.69, 9.17) is 4.74 Å². The highest BCUT2D eigenvalue weighted by Gasteiger charge is 2.36. The van der Waals surface area contributed by atoms with Gasteiger partial charge in [-0.05, 0) is 25.3 Å². The summed E-state index contributed by atoms with van der Waals surface area (Å²) in [5.74, 6) is 0.991. The van der Waals surface area contributed by atoms with Gasteiger partial charge in [-0.1, -0.05) is 33.1 Å². The first-order valence-electron chi connectivity index (χ1n) is 5.71. The molecule has 0 aliphatic carbocycles. The van der Waals surface area contributed by atoms with Gasteiger partial charge < -0.3 is 4.74 Å². The van der Waals surface area contributed by atoms with Crippen molar-refractivity contribution in [1.29, 1.82) is 0 Å². The molecule has 0 spiro atoms. The Bertz CT molecular complexity index is 218. The van der Waals surface area contributed by atoms with Gasteiger partial charge in [0.15, 0.2) is 0 Å². The van der Waals surface area contributed by atoms with Gasteiger partial charge >= 0.3 is 5.97 Å². The van der Waals surface area contributed by atoms with Crippen LogP contribution in [0.3, 0.4) is 0 Å². The second-order valence-electron chi connectivity index (χ2n) is 3.86. The van der Waals surface area contributed by atoms with Crippen LogP contribution >= 0.6 is 0 Å². The molecule has 2 heteroatoms. The number of hydrogen-bond acceptors (Lipinski definition) is 2. The molecule has 2 nitrogen and oxygen atoms in total. The molecule has 1 saturated heterocycles. The summed E-state index contributed by atoms with van der Waals surface area (Å²) >= 11 is 0. The molecule has 1 fully saturated rings. The van der Waals surface area contributed by atoms with Crippen LogP contribution in [-0.4, -0.2) is 5.97 Å². The zero-order chi connectivity index (χ0) is 10.4. The Morgan fingerprint density at radius 3 is 2.57 bits per heavy atom. The molecule has 0 saturated carbocycles. The van der Waals surface area contributed by atoms with Gasteiger partial charge in [0, 0.05) is 0 Å². The first-order chi connectivity index (χ1) is 6.79. The van der Waals surface area contributed by atoms with Gasteiger partial charge in [0.25, 0.3) is 0 Å². The highest BCUT2D eigenvalue weighted by molar-refractivity contribution is 5.82. The van der Waals surface area contributed by atoms with Crippen LogP contribution in [0.1, 0.15) is 52.4 Å². The number of unbranched alkanes of at least 4 members (excludes halogenated alkanes) is 3. The smallest absolute Gasteiger partial charge is 0.321 e. The third-order valence-electron chi connectivity index (χ3n) is 2.60. The topological polar surface area (TPSA) is 26.3 Å². The van der Waals surface area contributed by atoms with E-state index in [0.717, 1.165) is 31.4 Å². The van der Waals surface area contributed by atoms with Crippen molar-refractivity contribution in [3.8, 4) is 0 Å². The fourth-order valence-corrected chi connectivity index (χ4v) is 1.62. The standard InChI is InChI=1S/C12H20O2/c1-3-5-7-9-11-10(8-6-4-2)12(13)14-11/h9-10H,3-8H2,1-2H3/b11-9+. The SMILES string of the molecule is CCCC/C=C1/OC(=O)C1CCCC. The van der Waals surface area contributed by atoms with Crippen LogP contribution in [0.15, 0.2) is 11.8 Å². The molecule has 1 rings (SSSR count). The third-order valence-corrected chi connectivity index (χ3v) is 2.60. The first-order valence-corrected chi connectivity index (χ1v) is 5.71. The molecule has 14 heavy (non-hydrogen) atoms.